The van der Waals surface area contributed by atoms with E-state index in [0.29, 0.717) is 23.2 Å². The van der Waals surface area contributed by atoms with Crippen molar-refractivity contribution in [2.45, 2.75) is 24.4 Å². The predicted octanol–water partition coefficient (Wildman–Crippen LogP) is 2.16. The first kappa shape index (κ1) is 13.9. The Bertz CT molecular complexity index is 733. The lowest BCUT2D eigenvalue weighted by atomic mass is 10.4. The van der Waals surface area contributed by atoms with E-state index in [4.69, 9.17) is 13.9 Å². The van der Waals surface area contributed by atoms with E-state index < -0.39 is 0 Å². The van der Waals surface area contributed by atoms with E-state index >= 15 is 0 Å². The van der Waals surface area contributed by atoms with Crippen molar-refractivity contribution in [2.75, 3.05) is 0 Å². The van der Waals surface area contributed by atoms with Gasteiger partial charge in [0, 0.05) is 12.8 Å². The topological polar surface area (TPSA) is 90.1 Å². The van der Waals surface area contributed by atoms with Crippen LogP contribution in [0.5, 0.6) is 0 Å². The Balaban J connectivity index is 1.75. The average molecular weight is 306 g/mol. The van der Waals surface area contributed by atoms with E-state index in [1.165, 1.54) is 11.8 Å². The Morgan fingerprint density at radius 2 is 2.24 bits per heavy atom. The number of aryl methyl sites for hydroxylation is 1. The molecule has 0 saturated heterocycles. The molecule has 0 radical (unpaired) electrons. The lowest BCUT2D eigenvalue weighted by Crippen LogP contribution is -1.98. The number of aliphatic hydroxyl groups is 1. The molecule has 0 spiro atoms. The quantitative estimate of drug-likeness (QED) is 0.722. The van der Waals surface area contributed by atoms with Crippen molar-refractivity contribution in [3.05, 3.63) is 35.7 Å². The lowest BCUT2D eigenvalue weighted by Gasteiger charge is -2.00. The SMILES string of the molecule is Cc1oc(-c2ccco2)nc1CSc1nnc(CO)n1C. The standard InChI is InChI=1S/C13H14N4O3S/c1-8-9(14-12(20-8)10-4-3-5-19-10)7-21-13-16-15-11(6-18)17(13)2/h3-5,18H,6-7H2,1-2H3. The van der Waals surface area contributed by atoms with Crippen molar-refractivity contribution in [1.29, 1.82) is 0 Å². The summed E-state index contributed by atoms with van der Waals surface area (Å²) in [5.41, 5.74) is 0.833. The molecule has 0 amide bonds. The van der Waals surface area contributed by atoms with Gasteiger partial charge in [0.2, 0.25) is 0 Å². The largest absolute Gasteiger partial charge is 0.459 e. The summed E-state index contributed by atoms with van der Waals surface area (Å²) >= 11 is 1.49. The van der Waals surface area contributed by atoms with Gasteiger partial charge in [-0.3, -0.25) is 0 Å². The van der Waals surface area contributed by atoms with Crippen molar-refractivity contribution in [1.82, 2.24) is 19.7 Å². The van der Waals surface area contributed by atoms with Crippen LogP contribution in [0.15, 0.2) is 32.4 Å². The van der Waals surface area contributed by atoms with Crippen LogP contribution in [0.1, 0.15) is 17.3 Å². The average Bonchev–Trinajstić information content (AvgIpc) is 3.17. The first-order valence-corrected chi connectivity index (χ1v) is 7.29. The summed E-state index contributed by atoms with van der Waals surface area (Å²) in [6, 6.07) is 3.59. The number of hydrogen-bond acceptors (Lipinski definition) is 7. The van der Waals surface area contributed by atoms with Gasteiger partial charge in [-0.15, -0.1) is 10.2 Å². The molecule has 0 aliphatic rings. The fourth-order valence-corrected chi connectivity index (χ4v) is 2.74. The maximum Gasteiger partial charge on any atom is 0.263 e. The molecular formula is C13H14N4O3S. The van der Waals surface area contributed by atoms with E-state index in [1.807, 2.05) is 14.0 Å². The van der Waals surface area contributed by atoms with Crippen molar-refractivity contribution in [3.8, 4) is 11.7 Å². The highest BCUT2D eigenvalue weighted by molar-refractivity contribution is 7.98. The molecule has 0 fully saturated rings. The minimum absolute atomic E-state index is 0.129. The molecule has 0 aliphatic carbocycles. The van der Waals surface area contributed by atoms with Crippen LogP contribution < -0.4 is 0 Å². The molecule has 0 aliphatic heterocycles. The smallest absolute Gasteiger partial charge is 0.263 e. The molecular weight excluding hydrogens is 292 g/mol. The number of furan rings is 1. The van der Waals surface area contributed by atoms with Crippen LogP contribution >= 0.6 is 11.8 Å². The maximum atomic E-state index is 9.10. The summed E-state index contributed by atoms with van der Waals surface area (Å²) in [6.45, 7) is 1.74. The van der Waals surface area contributed by atoms with Gasteiger partial charge in [0.15, 0.2) is 16.7 Å². The highest BCUT2D eigenvalue weighted by atomic mass is 32.2. The van der Waals surface area contributed by atoms with Crippen molar-refractivity contribution in [3.63, 3.8) is 0 Å². The fraction of sp³-hybridized carbons (Fsp3) is 0.308. The molecule has 3 heterocycles. The first-order valence-electron chi connectivity index (χ1n) is 6.31. The molecule has 0 saturated carbocycles. The van der Waals surface area contributed by atoms with Crippen LogP contribution in [-0.4, -0.2) is 24.9 Å². The maximum absolute atomic E-state index is 9.10. The Labute approximate surface area is 125 Å². The number of thioether (sulfide) groups is 1. The molecule has 0 atom stereocenters. The van der Waals surface area contributed by atoms with Gasteiger partial charge in [0.05, 0.1) is 12.0 Å². The second-order valence-corrected chi connectivity index (χ2v) is 5.35. The molecule has 3 rings (SSSR count). The highest BCUT2D eigenvalue weighted by Crippen LogP contribution is 2.27. The van der Waals surface area contributed by atoms with Gasteiger partial charge in [-0.05, 0) is 19.1 Å². The molecule has 110 valence electrons. The van der Waals surface area contributed by atoms with Crippen molar-refractivity contribution >= 4 is 11.8 Å². The molecule has 0 bridgehead atoms. The second kappa shape index (κ2) is 5.74. The minimum atomic E-state index is -0.129. The molecule has 1 N–H and O–H groups in total. The van der Waals surface area contributed by atoms with Crippen LogP contribution in [0.2, 0.25) is 0 Å². The van der Waals surface area contributed by atoms with Crippen LogP contribution in [0, 0.1) is 6.92 Å². The molecule has 7 nitrogen and oxygen atoms in total. The fourth-order valence-electron chi connectivity index (χ4n) is 1.81. The second-order valence-electron chi connectivity index (χ2n) is 4.40. The van der Waals surface area contributed by atoms with Crippen LogP contribution in [0.3, 0.4) is 0 Å². The number of aromatic nitrogens is 4. The Morgan fingerprint density at radius 1 is 1.38 bits per heavy atom. The summed E-state index contributed by atoms with van der Waals surface area (Å²) in [4.78, 5) is 4.44. The van der Waals surface area contributed by atoms with Crippen molar-refractivity contribution < 1.29 is 13.9 Å². The molecule has 3 aromatic heterocycles. The third-order valence-electron chi connectivity index (χ3n) is 3.03. The van der Waals surface area contributed by atoms with Gasteiger partial charge in [0.1, 0.15) is 12.4 Å². The summed E-state index contributed by atoms with van der Waals surface area (Å²) in [6.07, 6.45) is 1.58. The van der Waals surface area contributed by atoms with Gasteiger partial charge in [-0.25, -0.2) is 4.98 Å². The Hall–Kier alpha value is -2.06. The first-order chi connectivity index (χ1) is 10.2. The Kier molecular flexibility index (Phi) is 3.80. The van der Waals surface area contributed by atoms with E-state index in [2.05, 4.69) is 15.2 Å². The number of aliphatic hydroxyl groups excluding tert-OH is 1. The van der Waals surface area contributed by atoms with Gasteiger partial charge >= 0.3 is 0 Å². The van der Waals surface area contributed by atoms with E-state index in [-0.39, 0.29) is 6.61 Å². The third-order valence-corrected chi connectivity index (χ3v) is 4.06. The number of rotatable bonds is 5. The number of oxazole rings is 1. The molecule has 21 heavy (non-hydrogen) atoms. The summed E-state index contributed by atoms with van der Waals surface area (Å²) < 4.78 is 12.6. The lowest BCUT2D eigenvalue weighted by molar-refractivity contribution is 0.266. The normalized spacial score (nSPS) is 11.2. The Morgan fingerprint density at radius 3 is 2.90 bits per heavy atom. The van der Waals surface area contributed by atoms with Gasteiger partial charge in [0.25, 0.3) is 5.89 Å². The molecule has 0 aromatic carbocycles. The zero-order valence-corrected chi connectivity index (χ0v) is 12.4. The zero-order valence-electron chi connectivity index (χ0n) is 11.6. The zero-order chi connectivity index (χ0) is 14.8. The van der Waals surface area contributed by atoms with E-state index in [9.17, 15) is 0 Å². The summed E-state index contributed by atoms with van der Waals surface area (Å²) in [7, 11) is 1.82. The molecule has 0 unspecified atom stereocenters. The predicted molar refractivity (Wildman–Crippen MR) is 75.4 cm³/mol. The summed E-state index contributed by atoms with van der Waals surface area (Å²) in [5.74, 6) is 2.97. The number of nitrogens with zero attached hydrogens (tertiary/aromatic N) is 4. The molecule has 8 heteroatoms. The third kappa shape index (κ3) is 2.72. The summed E-state index contributed by atoms with van der Waals surface area (Å²) in [5, 5.41) is 17.7. The van der Waals surface area contributed by atoms with Crippen molar-refractivity contribution in [2.24, 2.45) is 7.05 Å². The van der Waals surface area contributed by atoms with E-state index in [0.717, 1.165) is 16.6 Å². The van der Waals surface area contributed by atoms with Crippen LogP contribution in [-0.2, 0) is 19.4 Å². The van der Waals surface area contributed by atoms with Crippen LogP contribution in [0.4, 0.5) is 0 Å². The van der Waals surface area contributed by atoms with E-state index in [1.54, 1.807) is 23.0 Å². The van der Waals surface area contributed by atoms with Gasteiger partial charge in [-0.1, -0.05) is 11.8 Å². The van der Waals surface area contributed by atoms with Gasteiger partial charge < -0.3 is 18.5 Å². The minimum Gasteiger partial charge on any atom is -0.459 e. The van der Waals surface area contributed by atoms with Crippen LogP contribution in [0.25, 0.3) is 11.7 Å². The monoisotopic (exact) mass is 306 g/mol. The number of hydrogen-bond donors (Lipinski definition) is 1. The molecule has 3 aromatic rings. The highest BCUT2D eigenvalue weighted by Gasteiger charge is 2.15. The van der Waals surface area contributed by atoms with Gasteiger partial charge in [-0.2, -0.15) is 0 Å².